The smallest absolute Gasteiger partial charge is 0.254 e. The summed E-state index contributed by atoms with van der Waals surface area (Å²) in [6.45, 7) is 4.14. The third kappa shape index (κ3) is 6.24. The van der Waals surface area contributed by atoms with Crippen LogP contribution in [0.25, 0.3) is 0 Å². The van der Waals surface area contributed by atoms with E-state index in [1.165, 1.54) is 19.3 Å². The molecule has 1 amide bonds. The molecule has 0 atom stereocenters. The molecule has 34 heavy (non-hydrogen) atoms. The highest BCUT2D eigenvalue weighted by Gasteiger charge is 2.27. The van der Waals surface area contributed by atoms with Gasteiger partial charge in [-0.25, -0.2) is 0 Å². The predicted molar refractivity (Wildman–Crippen MR) is 139 cm³/mol. The number of aromatic nitrogens is 1. The van der Waals surface area contributed by atoms with Crippen molar-refractivity contribution < 1.29 is 9.53 Å². The molecule has 0 aliphatic heterocycles. The maximum atomic E-state index is 13.7. The van der Waals surface area contributed by atoms with Crippen LogP contribution in [-0.4, -0.2) is 28.0 Å². The molecular formula is C29H35ClN2O2. The van der Waals surface area contributed by atoms with Gasteiger partial charge in [-0.2, -0.15) is 0 Å². The van der Waals surface area contributed by atoms with E-state index in [4.69, 9.17) is 16.3 Å². The highest BCUT2D eigenvalue weighted by molar-refractivity contribution is 6.31. The van der Waals surface area contributed by atoms with Crippen molar-refractivity contribution in [2.24, 2.45) is 0 Å². The van der Waals surface area contributed by atoms with Gasteiger partial charge in [0.1, 0.15) is 5.75 Å². The molecule has 1 heterocycles. The summed E-state index contributed by atoms with van der Waals surface area (Å²) in [5.41, 5.74) is 2.92. The molecule has 3 aromatic rings. The summed E-state index contributed by atoms with van der Waals surface area (Å²) in [6.07, 6.45) is 9.95. The second-order valence-electron chi connectivity index (χ2n) is 9.17. The van der Waals surface area contributed by atoms with E-state index in [1.54, 1.807) is 0 Å². The van der Waals surface area contributed by atoms with Crippen molar-refractivity contribution in [1.29, 1.82) is 0 Å². The first kappa shape index (κ1) is 24.4. The average molecular weight is 479 g/mol. The van der Waals surface area contributed by atoms with Gasteiger partial charge in [0.15, 0.2) is 0 Å². The molecule has 4 rings (SSSR count). The lowest BCUT2D eigenvalue weighted by Crippen LogP contribution is -2.41. The van der Waals surface area contributed by atoms with Gasteiger partial charge in [0.25, 0.3) is 5.91 Å². The van der Waals surface area contributed by atoms with E-state index in [9.17, 15) is 4.79 Å². The lowest BCUT2D eigenvalue weighted by atomic mass is 9.93. The molecule has 180 valence electrons. The molecule has 0 radical (unpaired) electrons. The number of benzene rings is 2. The van der Waals surface area contributed by atoms with Gasteiger partial charge in [-0.05, 0) is 67.3 Å². The van der Waals surface area contributed by atoms with Gasteiger partial charge in [-0.1, -0.05) is 62.4 Å². The van der Waals surface area contributed by atoms with E-state index in [-0.39, 0.29) is 11.9 Å². The number of unbranched alkanes of at least 4 members (excludes halogenated alkanes) is 1. The average Bonchev–Trinajstić information content (AvgIpc) is 3.31. The first-order valence-electron chi connectivity index (χ1n) is 12.6. The Morgan fingerprint density at radius 2 is 1.79 bits per heavy atom. The van der Waals surface area contributed by atoms with Gasteiger partial charge in [-0.3, -0.25) is 4.79 Å². The molecule has 1 aromatic heterocycles. The van der Waals surface area contributed by atoms with Crippen LogP contribution in [0.2, 0.25) is 5.02 Å². The molecule has 1 aliphatic rings. The number of amides is 1. The fourth-order valence-corrected chi connectivity index (χ4v) is 4.88. The van der Waals surface area contributed by atoms with E-state index < -0.39 is 0 Å². The monoisotopic (exact) mass is 478 g/mol. The molecule has 0 spiro atoms. The summed E-state index contributed by atoms with van der Waals surface area (Å²) < 4.78 is 7.99. The van der Waals surface area contributed by atoms with Crippen LogP contribution in [-0.2, 0) is 13.1 Å². The van der Waals surface area contributed by atoms with Crippen molar-refractivity contribution in [3.8, 4) is 5.75 Å². The fourth-order valence-electron chi connectivity index (χ4n) is 4.69. The summed E-state index contributed by atoms with van der Waals surface area (Å²) in [6, 6.07) is 20.0. The topological polar surface area (TPSA) is 34.5 Å². The van der Waals surface area contributed by atoms with Gasteiger partial charge in [-0.15, -0.1) is 0 Å². The standard InChI is InChI=1S/C29H35ClN2O2/c1-2-3-20-34-27-17-15-23(16-18-27)29(33)32(25-11-5-4-6-12-25)22-26-13-9-19-31(26)21-24-10-7-8-14-28(24)30/h7-10,13-19,25H,2-6,11-12,20-22H2,1H3. The third-order valence-electron chi connectivity index (χ3n) is 6.70. The number of hydrogen-bond donors (Lipinski definition) is 0. The van der Waals surface area contributed by atoms with Crippen LogP contribution in [0.1, 0.15) is 73.5 Å². The van der Waals surface area contributed by atoms with E-state index in [2.05, 4.69) is 40.8 Å². The first-order valence-corrected chi connectivity index (χ1v) is 12.9. The second kappa shape index (κ2) is 12.1. The summed E-state index contributed by atoms with van der Waals surface area (Å²) >= 11 is 6.42. The van der Waals surface area contributed by atoms with Crippen LogP contribution in [0.3, 0.4) is 0 Å². The summed E-state index contributed by atoms with van der Waals surface area (Å²) in [4.78, 5) is 15.8. The molecule has 5 heteroatoms. The molecule has 1 aliphatic carbocycles. The zero-order valence-corrected chi connectivity index (χ0v) is 20.8. The zero-order chi connectivity index (χ0) is 23.8. The second-order valence-corrected chi connectivity index (χ2v) is 9.58. The minimum absolute atomic E-state index is 0.0949. The number of carbonyl (C=O) groups is 1. The Kier molecular flexibility index (Phi) is 8.70. The van der Waals surface area contributed by atoms with Crippen molar-refractivity contribution >= 4 is 17.5 Å². The fraction of sp³-hybridized carbons (Fsp3) is 0.414. The number of nitrogens with zero attached hydrogens (tertiary/aromatic N) is 2. The van der Waals surface area contributed by atoms with Crippen molar-refractivity contribution in [2.75, 3.05) is 6.61 Å². The maximum absolute atomic E-state index is 13.7. The van der Waals surface area contributed by atoms with Crippen molar-refractivity contribution in [2.45, 2.75) is 71.0 Å². The predicted octanol–water partition coefficient (Wildman–Crippen LogP) is 7.34. The van der Waals surface area contributed by atoms with Crippen LogP contribution >= 0.6 is 11.6 Å². The minimum atomic E-state index is 0.0949. The molecule has 1 fully saturated rings. The van der Waals surface area contributed by atoms with Crippen molar-refractivity contribution in [3.05, 3.63) is 88.7 Å². The van der Waals surface area contributed by atoms with Gasteiger partial charge in [0.2, 0.25) is 0 Å². The maximum Gasteiger partial charge on any atom is 0.254 e. The van der Waals surface area contributed by atoms with Crippen LogP contribution in [0.4, 0.5) is 0 Å². The van der Waals surface area contributed by atoms with Gasteiger partial charge >= 0.3 is 0 Å². The van der Waals surface area contributed by atoms with Crippen LogP contribution < -0.4 is 4.74 Å². The van der Waals surface area contributed by atoms with E-state index >= 15 is 0 Å². The summed E-state index contributed by atoms with van der Waals surface area (Å²) in [5, 5.41) is 0.767. The molecular weight excluding hydrogens is 444 g/mol. The lowest BCUT2D eigenvalue weighted by Gasteiger charge is -2.35. The Labute approximate surface area is 208 Å². The van der Waals surface area contributed by atoms with E-state index in [0.29, 0.717) is 19.7 Å². The number of carbonyl (C=O) groups excluding carboxylic acids is 1. The Morgan fingerprint density at radius 3 is 2.53 bits per heavy atom. The van der Waals surface area contributed by atoms with E-state index in [1.807, 2.05) is 42.5 Å². The zero-order valence-electron chi connectivity index (χ0n) is 20.1. The van der Waals surface area contributed by atoms with Crippen LogP contribution in [0.5, 0.6) is 5.75 Å². The quantitative estimate of drug-likeness (QED) is 0.285. The normalized spacial score (nSPS) is 14.2. The molecule has 0 N–H and O–H groups in total. The largest absolute Gasteiger partial charge is 0.494 e. The van der Waals surface area contributed by atoms with Crippen molar-refractivity contribution in [1.82, 2.24) is 9.47 Å². The lowest BCUT2D eigenvalue weighted by molar-refractivity contribution is 0.0608. The molecule has 1 saturated carbocycles. The Bertz CT molecular complexity index is 1050. The SMILES string of the molecule is CCCCOc1ccc(C(=O)N(Cc2cccn2Cc2ccccc2Cl)C2CCCCC2)cc1. The minimum Gasteiger partial charge on any atom is -0.494 e. The Hall–Kier alpha value is -2.72. The van der Waals surface area contributed by atoms with Crippen LogP contribution in [0, 0.1) is 0 Å². The van der Waals surface area contributed by atoms with E-state index in [0.717, 1.165) is 53.3 Å². The van der Waals surface area contributed by atoms with Crippen LogP contribution in [0.15, 0.2) is 66.9 Å². The first-order chi connectivity index (χ1) is 16.7. The third-order valence-corrected chi connectivity index (χ3v) is 7.07. The number of rotatable bonds is 10. The highest BCUT2D eigenvalue weighted by Crippen LogP contribution is 2.27. The molecule has 0 saturated heterocycles. The Balaban J connectivity index is 1.53. The molecule has 4 nitrogen and oxygen atoms in total. The molecule has 0 unspecified atom stereocenters. The molecule has 2 aromatic carbocycles. The summed E-state index contributed by atoms with van der Waals surface area (Å²) in [5.74, 6) is 0.917. The number of halogens is 1. The van der Waals surface area contributed by atoms with Gasteiger partial charge < -0.3 is 14.2 Å². The van der Waals surface area contributed by atoms with Gasteiger partial charge in [0, 0.05) is 35.1 Å². The highest BCUT2D eigenvalue weighted by atomic mass is 35.5. The Morgan fingerprint density at radius 1 is 1.03 bits per heavy atom. The van der Waals surface area contributed by atoms with Crippen molar-refractivity contribution in [3.63, 3.8) is 0 Å². The number of hydrogen-bond acceptors (Lipinski definition) is 2. The summed E-state index contributed by atoms with van der Waals surface area (Å²) in [7, 11) is 0. The molecule has 0 bridgehead atoms. The number of ether oxygens (including phenoxy) is 1. The van der Waals surface area contributed by atoms with Gasteiger partial charge in [0.05, 0.1) is 13.2 Å².